The second-order valence-electron chi connectivity index (χ2n) is 6.22. The van der Waals surface area contributed by atoms with Crippen LogP contribution >= 0.6 is 0 Å². The molecule has 3 rings (SSSR count). The van der Waals surface area contributed by atoms with Crippen LogP contribution in [0.3, 0.4) is 0 Å². The number of nitrogens with one attached hydrogen (secondary N) is 2. The van der Waals surface area contributed by atoms with Crippen molar-refractivity contribution in [1.29, 1.82) is 0 Å². The number of carbonyl (C=O) groups is 2. The molecule has 1 heterocycles. The zero-order chi connectivity index (χ0) is 21.0. The normalized spacial score (nSPS) is 11.0. The highest BCUT2D eigenvalue weighted by atomic mass is 19.4. The van der Waals surface area contributed by atoms with E-state index in [1.54, 1.807) is 24.3 Å². The number of rotatable bonds is 5. The molecule has 0 aliphatic rings. The van der Waals surface area contributed by atoms with Crippen LogP contribution < -0.4 is 10.6 Å². The van der Waals surface area contributed by atoms with Gasteiger partial charge in [-0.2, -0.15) is 13.2 Å². The van der Waals surface area contributed by atoms with Gasteiger partial charge in [-0.15, -0.1) is 0 Å². The molecule has 3 aromatic rings. The molecule has 0 unspecified atom stereocenters. The minimum Gasteiger partial charge on any atom is -0.340 e. The van der Waals surface area contributed by atoms with E-state index in [-0.39, 0.29) is 17.0 Å². The lowest BCUT2D eigenvalue weighted by Crippen LogP contribution is -2.13. The molecule has 2 N–H and O–H groups in total. The van der Waals surface area contributed by atoms with E-state index < -0.39 is 17.6 Å². The molecule has 0 atom stereocenters. The number of alkyl halides is 3. The molecule has 0 saturated heterocycles. The summed E-state index contributed by atoms with van der Waals surface area (Å²) in [7, 11) is 0. The first-order chi connectivity index (χ1) is 13.7. The highest BCUT2D eigenvalue weighted by Gasteiger charge is 2.30. The van der Waals surface area contributed by atoms with Gasteiger partial charge in [0.2, 0.25) is 0 Å². The number of amides is 1. The van der Waals surface area contributed by atoms with Gasteiger partial charge in [-0.3, -0.25) is 9.59 Å². The molecule has 0 fully saturated rings. The van der Waals surface area contributed by atoms with Gasteiger partial charge in [-0.1, -0.05) is 12.1 Å². The maximum atomic E-state index is 12.6. The van der Waals surface area contributed by atoms with Crippen molar-refractivity contribution < 1.29 is 22.8 Å². The second kappa shape index (κ2) is 8.14. The van der Waals surface area contributed by atoms with Crippen LogP contribution in [0, 0.1) is 0 Å². The quantitative estimate of drug-likeness (QED) is 0.571. The van der Waals surface area contributed by atoms with Crippen LogP contribution in [0.25, 0.3) is 0 Å². The Labute approximate surface area is 164 Å². The number of halogens is 3. The van der Waals surface area contributed by atoms with Gasteiger partial charge in [0.25, 0.3) is 5.91 Å². The van der Waals surface area contributed by atoms with Gasteiger partial charge >= 0.3 is 6.18 Å². The van der Waals surface area contributed by atoms with E-state index in [4.69, 9.17) is 0 Å². The van der Waals surface area contributed by atoms with Gasteiger partial charge < -0.3 is 10.6 Å². The third-order valence-electron chi connectivity index (χ3n) is 4.03. The van der Waals surface area contributed by atoms with Crippen LogP contribution in [0.5, 0.6) is 0 Å². The Bertz CT molecular complexity index is 1050. The minimum absolute atomic E-state index is 0.0775. The highest BCUT2D eigenvalue weighted by molar-refractivity contribution is 6.04. The smallest absolute Gasteiger partial charge is 0.340 e. The molecule has 29 heavy (non-hydrogen) atoms. The minimum atomic E-state index is -4.44. The van der Waals surface area contributed by atoms with Crippen molar-refractivity contribution in [2.45, 2.75) is 13.1 Å². The molecule has 0 bridgehead atoms. The van der Waals surface area contributed by atoms with Crippen molar-refractivity contribution in [3.63, 3.8) is 0 Å². The average Bonchev–Trinajstić information content (AvgIpc) is 2.68. The van der Waals surface area contributed by atoms with E-state index in [0.29, 0.717) is 17.1 Å². The fraction of sp³-hybridized carbons (Fsp3) is 0.0952. The first-order valence-electron chi connectivity index (χ1n) is 8.55. The Kier molecular flexibility index (Phi) is 5.63. The molecule has 5 nitrogen and oxygen atoms in total. The third kappa shape index (κ3) is 5.19. The van der Waals surface area contributed by atoms with E-state index >= 15 is 0 Å². The number of aromatic nitrogens is 1. The van der Waals surface area contributed by atoms with Gasteiger partial charge in [-0.05, 0) is 55.5 Å². The van der Waals surface area contributed by atoms with Crippen LogP contribution in [0.2, 0.25) is 0 Å². The lowest BCUT2D eigenvalue weighted by Gasteiger charge is -2.10. The van der Waals surface area contributed by atoms with Crippen molar-refractivity contribution in [2.24, 2.45) is 0 Å². The number of nitrogens with zero attached hydrogens (tertiary/aromatic N) is 1. The molecule has 0 aliphatic heterocycles. The Morgan fingerprint density at radius 2 is 1.62 bits per heavy atom. The lowest BCUT2D eigenvalue weighted by molar-refractivity contribution is -0.137. The van der Waals surface area contributed by atoms with Gasteiger partial charge in [0.05, 0.1) is 5.56 Å². The predicted octanol–water partition coefficient (Wildman–Crippen LogP) is 5.30. The summed E-state index contributed by atoms with van der Waals surface area (Å²) in [6.07, 6.45) is -3.01. The summed E-state index contributed by atoms with van der Waals surface area (Å²) in [5.41, 5.74) is 0.879. The van der Waals surface area contributed by atoms with E-state index in [0.717, 1.165) is 12.1 Å². The molecule has 1 amide bonds. The maximum absolute atomic E-state index is 12.6. The van der Waals surface area contributed by atoms with Crippen LogP contribution in [0.15, 0.2) is 66.9 Å². The Morgan fingerprint density at radius 1 is 0.897 bits per heavy atom. The average molecular weight is 399 g/mol. The third-order valence-corrected chi connectivity index (χ3v) is 4.03. The summed E-state index contributed by atoms with van der Waals surface area (Å²) < 4.78 is 37.9. The fourth-order valence-corrected chi connectivity index (χ4v) is 2.55. The summed E-state index contributed by atoms with van der Waals surface area (Å²) in [6.45, 7) is 1.46. The number of pyridine rings is 1. The Hall–Kier alpha value is -3.68. The van der Waals surface area contributed by atoms with E-state index in [2.05, 4.69) is 15.6 Å². The summed E-state index contributed by atoms with van der Waals surface area (Å²) in [5.74, 6) is -0.190. The van der Waals surface area contributed by atoms with E-state index in [1.807, 2.05) is 0 Å². The van der Waals surface area contributed by atoms with Crippen molar-refractivity contribution in [3.05, 3.63) is 83.6 Å². The van der Waals surface area contributed by atoms with Gasteiger partial charge in [0, 0.05) is 28.7 Å². The summed E-state index contributed by atoms with van der Waals surface area (Å²) in [4.78, 5) is 28.0. The van der Waals surface area contributed by atoms with Crippen molar-refractivity contribution in [1.82, 2.24) is 4.98 Å². The summed E-state index contributed by atoms with van der Waals surface area (Å²) in [5, 5.41) is 5.56. The topological polar surface area (TPSA) is 71.1 Å². The van der Waals surface area contributed by atoms with Gasteiger partial charge in [0.1, 0.15) is 5.82 Å². The molecule has 0 saturated carbocycles. The molecule has 8 heteroatoms. The molecular formula is C21H16F3N3O2. The first kappa shape index (κ1) is 20.1. The molecular weight excluding hydrogens is 383 g/mol. The largest absolute Gasteiger partial charge is 0.416 e. The molecule has 0 radical (unpaired) electrons. The van der Waals surface area contributed by atoms with Crippen LogP contribution in [-0.4, -0.2) is 16.7 Å². The summed E-state index contributed by atoms with van der Waals surface area (Å²) in [6, 6.07) is 14.0. The number of carbonyl (C=O) groups excluding carboxylic acids is 2. The Morgan fingerprint density at radius 3 is 2.28 bits per heavy atom. The standard InChI is InChI=1S/C21H16F3N3O2/c1-13(28)14-3-2-4-18(11-14)26-19-12-15(9-10-25-19)20(29)27-17-7-5-16(6-8-17)21(22,23)24/h2-12H,1H3,(H,25,26)(H,27,29). The van der Waals surface area contributed by atoms with Crippen LogP contribution in [0.4, 0.5) is 30.4 Å². The highest BCUT2D eigenvalue weighted by Crippen LogP contribution is 2.30. The van der Waals surface area contributed by atoms with Crippen molar-refractivity contribution in [2.75, 3.05) is 10.6 Å². The molecule has 0 spiro atoms. The number of ketones is 1. The van der Waals surface area contributed by atoms with E-state index in [1.165, 1.54) is 37.4 Å². The lowest BCUT2D eigenvalue weighted by atomic mass is 10.1. The fourth-order valence-electron chi connectivity index (χ4n) is 2.55. The van der Waals surface area contributed by atoms with Gasteiger partial charge in [-0.25, -0.2) is 4.98 Å². The summed E-state index contributed by atoms with van der Waals surface area (Å²) >= 11 is 0. The zero-order valence-corrected chi connectivity index (χ0v) is 15.2. The monoisotopic (exact) mass is 399 g/mol. The molecule has 0 aliphatic carbocycles. The number of anilines is 3. The van der Waals surface area contributed by atoms with Crippen molar-refractivity contribution in [3.8, 4) is 0 Å². The number of hydrogen-bond acceptors (Lipinski definition) is 4. The number of hydrogen-bond donors (Lipinski definition) is 2. The molecule has 2 aromatic carbocycles. The zero-order valence-electron chi connectivity index (χ0n) is 15.2. The number of Topliss-reactive ketones (excluding diaryl/α,β-unsaturated/α-hetero) is 1. The predicted molar refractivity (Wildman–Crippen MR) is 103 cm³/mol. The molecule has 1 aromatic heterocycles. The number of benzene rings is 2. The van der Waals surface area contributed by atoms with E-state index in [9.17, 15) is 22.8 Å². The maximum Gasteiger partial charge on any atom is 0.416 e. The SMILES string of the molecule is CC(=O)c1cccc(Nc2cc(C(=O)Nc3ccc(C(F)(F)F)cc3)ccn2)c1. The van der Waals surface area contributed by atoms with Gasteiger partial charge in [0.15, 0.2) is 5.78 Å². The van der Waals surface area contributed by atoms with Crippen LogP contribution in [0.1, 0.15) is 33.2 Å². The molecule has 148 valence electrons. The first-order valence-corrected chi connectivity index (χ1v) is 8.55. The van der Waals surface area contributed by atoms with Crippen LogP contribution in [-0.2, 0) is 6.18 Å². The second-order valence-corrected chi connectivity index (χ2v) is 6.22. The Balaban J connectivity index is 1.72. The van der Waals surface area contributed by atoms with Crippen molar-refractivity contribution >= 4 is 28.9 Å².